The highest BCUT2D eigenvalue weighted by molar-refractivity contribution is 5.81. The molecule has 1 aliphatic carbocycles. The molecule has 2 heterocycles. The number of nitrogens with zero attached hydrogens (tertiary/aromatic N) is 2. The highest BCUT2D eigenvalue weighted by atomic mass is 16.7. The predicted molar refractivity (Wildman–Crippen MR) is 66.9 cm³/mol. The van der Waals surface area contributed by atoms with E-state index in [1.54, 1.807) is 0 Å². The van der Waals surface area contributed by atoms with Crippen LogP contribution in [0.3, 0.4) is 0 Å². The van der Waals surface area contributed by atoms with E-state index in [0.717, 1.165) is 29.1 Å². The molecule has 1 aliphatic heterocycles. The first kappa shape index (κ1) is 10.2. The van der Waals surface area contributed by atoms with Gasteiger partial charge in [-0.1, -0.05) is 0 Å². The number of fused-ring (bicyclic) bond motifs is 2. The Morgan fingerprint density at radius 1 is 1.28 bits per heavy atom. The van der Waals surface area contributed by atoms with Gasteiger partial charge in [-0.25, -0.2) is 4.98 Å². The van der Waals surface area contributed by atoms with E-state index in [9.17, 15) is 0 Å². The second-order valence-corrected chi connectivity index (χ2v) is 4.88. The largest absolute Gasteiger partial charge is 0.454 e. The number of nitrogens with two attached hydrogens (primary N) is 1. The quantitative estimate of drug-likeness (QED) is 0.892. The number of imidazole rings is 1. The third-order valence-electron chi connectivity index (χ3n) is 3.57. The average molecular weight is 245 g/mol. The van der Waals surface area contributed by atoms with Crippen LogP contribution in [0.4, 0.5) is 0 Å². The molecule has 0 bridgehead atoms. The number of hydrogen-bond acceptors (Lipinski definition) is 4. The van der Waals surface area contributed by atoms with Crippen molar-refractivity contribution in [3.63, 3.8) is 0 Å². The van der Waals surface area contributed by atoms with Crippen molar-refractivity contribution in [1.82, 2.24) is 9.55 Å². The summed E-state index contributed by atoms with van der Waals surface area (Å²) >= 11 is 0. The lowest BCUT2D eigenvalue weighted by Gasteiger charge is -2.06. The first-order valence-electron chi connectivity index (χ1n) is 6.36. The SMILES string of the molecule is NCCn1c(C2CC2)nc2cc3c(cc21)OCO3. The topological polar surface area (TPSA) is 62.3 Å². The summed E-state index contributed by atoms with van der Waals surface area (Å²) in [6, 6.07) is 3.99. The van der Waals surface area contributed by atoms with Crippen LogP contribution in [0.5, 0.6) is 11.5 Å². The van der Waals surface area contributed by atoms with E-state index in [-0.39, 0.29) is 0 Å². The molecule has 2 aromatic rings. The van der Waals surface area contributed by atoms with Crippen LogP contribution in [0.2, 0.25) is 0 Å². The van der Waals surface area contributed by atoms with Gasteiger partial charge >= 0.3 is 0 Å². The second-order valence-electron chi connectivity index (χ2n) is 4.88. The van der Waals surface area contributed by atoms with Gasteiger partial charge in [0.1, 0.15) is 5.82 Å². The molecule has 1 saturated carbocycles. The van der Waals surface area contributed by atoms with Crippen molar-refractivity contribution in [2.75, 3.05) is 13.3 Å². The van der Waals surface area contributed by atoms with Crippen molar-refractivity contribution < 1.29 is 9.47 Å². The van der Waals surface area contributed by atoms with Gasteiger partial charge in [0.05, 0.1) is 11.0 Å². The molecule has 0 unspecified atom stereocenters. The zero-order valence-corrected chi connectivity index (χ0v) is 10.1. The monoisotopic (exact) mass is 245 g/mol. The average Bonchev–Trinajstić information content (AvgIpc) is 3.02. The summed E-state index contributed by atoms with van der Waals surface area (Å²) in [5.74, 6) is 3.38. The number of rotatable bonds is 3. The van der Waals surface area contributed by atoms with Crippen LogP contribution in [-0.2, 0) is 6.54 Å². The Kier molecular flexibility index (Phi) is 2.05. The van der Waals surface area contributed by atoms with E-state index in [0.29, 0.717) is 19.3 Å². The Morgan fingerprint density at radius 3 is 2.78 bits per heavy atom. The third kappa shape index (κ3) is 1.40. The van der Waals surface area contributed by atoms with Crippen molar-refractivity contribution in [3.8, 4) is 11.5 Å². The van der Waals surface area contributed by atoms with Gasteiger partial charge in [-0.2, -0.15) is 0 Å². The van der Waals surface area contributed by atoms with E-state index >= 15 is 0 Å². The molecule has 0 amide bonds. The molecule has 0 spiro atoms. The highest BCUT2D eigenvalue weighted by Crippen LogP contribution is 2.42. The second kappa shape index (κ2) is 3.62. The Balaban J connectivity index is 1.93. The fraction of sp³-hybridized carbons (Fsp3) is 0.462. The van der Waals surface area contributed by atoms with Gasteiger partial charge in [0.25, 0.3) is 0 Å². The predicted octanol–water partition coefficient (Wildman–Crippen LogP) is 1.60. The normalized spacial score (nSPS) is 17.6. The van der Waals surface area contributed by atoms with Gasteiger partial charge in [-0.15, -0.1) is 0 Å². The van der Waals surface area contributed by atoms with Crippen molar-refractivity contribution in [2.45, 2.75) is 25.3 Å². The Hall–Kier alpha value is -1.75. The standard InChI is InChI=1S/C13H15N3O2/c14-3-4-16-10-6-12-11(17-7-18-12)5-9(10)15-13(16)8-1-2-8/h5-6,8H,1-4,7,14H2. The molecule has 1 fully saturated rings. The van der Waals surface area contributed by atoms with Gasteiger partial charge in [0, 0.05) is 31.1 Å². The van der Waals surface area contributed by atoms with Crippen LogP contribution in [0.15, 0.2) is 12.1 Å². The number of aromatic nitrogens is 2. The summed E-state index contributed by atoms with van der Waals surface area (Å²) < 4.78 is 13.1. The molecule has 0 atom stereocenters. The summed E-state index contributed by atoms with van der Waals surface area (Å²) in [6.45, 7) is 1.73. The maximum atomic E-state index is 5.71. The van der Waals surface area contributed by atoms with Gasteiger partial charge < -0.3 is 19.8 Å². The molecule has 2 N–H and O–H groups in total. The van der Waals surface area contributed by atoms with E-state index in [1.807, 2.05) is 12.1 Å². The first-order chi connectivity index (χ1) is 8.86. The number of hydrogen-bond donors (Lipinski definition) is 1. The molecule has 5 heteroatoms. The fourth-order valence-corrected chi connectivity index (χ4v) is 2.55. The Morgan fingerprint density at radius 2 is 2.06 bits per heavy atom. The fourth-order valence-electron chi connectivity index (χ4n) is 2.55. The van der Waals surface area contributed by atoms with E-state index in [2.05, 4.69) is 4.57 Å². The van der Waals surface area contributed by atoms with Gasteiger partial charge in [-0.3, -0.25) is 0 Å². The summed E-state index contributed by atoms with van der Waals surface area (Å²) in [4.78, 5) is 4.74. The molecule has 94 valence electrons. The molecule has 0 radical (unpaired) electrons. The summed E-state index contributed by atoms with van der Waals surface area (Å²) in [6.07, 6.45) is 2.47. The van der Waals surface area contributed by atoms with Crippen LogP contribution in [0.25, 0.3) is 11.0 Å². The van der Waals surface area contributed by atoms with E-state index in [4.69, 9.17) is 20.2 Å². The molecule has 0 saturated heterocycles. The van der Waals surface area contributed by atoms with Crippen LogP contribution >= 0.6 is 0 Å². The Bertz CT molecular complexity index is 616. The van der Waals surface area contributed by atoms with Crippen LogP contribution in [0, 0.1) is 0 Å². The molecule has 1 aromatic heterocycles. The van der Waals surface area contributed by atoms with Gasteiger partial charge in [0.15, 0.2) is 11.5 Å². The molecular formula is C13H15N3O2. The summed E-state index contributed by atoms with van der Waals surface area (Å²) in [5, 5.41) is 0. The zero-order chi connectivity index (χ0) is 12.1. The highest BCUT2D eigenvalue weighted by Gasteiger charge is 2.30. The van der Waals surface area contributed by atoms with Gasteiger partial charge in [-0.05, 0) is 12.8 Å². The lowest BCUT2D eigenvalue weighted by molar-refractivity contribution is 0.174. The minimum Gasteiger partial charge on any atom is -0.454 e. The van der Waals surface area contributed by atoms with Crippen molar-refractivity contribution in [2.24, 2.45) is 5.73 Å². The minimum atomic E-state index is 0.300. The third-order valence-corrected chi connectivity index (χ3v) is 3.57. The molecule has 1 aromatic carbocycles. The molecule has 2 aliphatic rings. The summed E-state index contributed by atoms with van der Waals surface area (Å²) in [5.41, 5.74) is 7.79. The van der Waals surface area contributed by atoms with E-state index in [1.165, 1.54) is 18.7 Å². The van der Waals surface area contributed by atoms with Crippen molar-refractivity contribution >= 4 is 11.0 Å². The minimum absolute atomic E-state index is 0.300. The van der Waals surface area contributed by atoms with Crippen LogP contribution < -0.4 is 15.2 Å². The van der Waals surface area contributed by atoms with Crippen molar-refractivity contribution in [1.29, 1.82) is 0 Å². The molecular weight excluding hydrogens is 230 g/mol. The Labute approximate surface area is 104 Å². The maximum Gasteiger partial charge on any atom is 0.231 e. The lowest BCUT2D eigenvalue weighted by atomic mass is 10.2. The maximum absolute atomic E-state index is 5.71. The van der Waals surface area contributed by atoms with Crippen molar-refractivity contribution in [3.05, 3.63) is 18.0 Å². The van der Waals surface area contributed by atoms with Crippen LogP contribution in [-0.4, -0.2) is 22.9 Å². The number of ether oxygens (including phenoxy) is 2. The first-order valence-corrected chi connectivity index (χ1v) is 6.36. The lowest BCUT2D eigenvalue weighted by Crippen LogP contribution is -2.12. The molecule has 4 rings (SSSR count). The number of benzene rings is 1. The van der Waals surface area contributed by atoms with Crippen LogP contribution in [0.1, 0.15) is 24.6 Å². The smallest absolute Gasteiger partial charge is 0.231 e. The molecule has 5 nitrogen and oxygen atoms in total. The zero-order valence-electron chi connectivity index (χ0n) is 10.1. The molecule has 18 heavy (non-hydrogen) atoms. The van der Waals surface area contributed by atoms with E-state index < -0.39 is 0 Å². The van der Waals surface area contributed by atoms with Gasteiger partial charge in [0.2, 0.25) is 6.79 Å². The summed E-state index contributed by atoms with van der Waals surface area (Å²) in [7, 11) is 0.